The second kappa shape index (κ2) is 5.13. The van der Waals surface area contributed by atoms with Gasteiger partial charge in [-0.1, -0.05) is 26.7 Å². The molecule has 1 aliphatic rings. The molecule has 1 atom stereocenters. The van der Waals surface area contributed by atoms with Crippen molar-refractivity contribution in [3.63, 3.8) is 0 Å². The number of aliphatic hydroxyl groups is 1. The first-order valence-corrected chi connectivity index (χ1v) is 6.02. The Labute approximate surface area is 87.9 Å². The van der Waals surface area contributed by atoms with Crippen LogP contribution in [-0.4, -0.2) is 17.8 Å². The van der Waals surface area contributed by atoms with Crippen molar-refractivity contribution in [1.29, 1.82) is 0 Å². The molecule has 14 heavy (non-hydrogen) atoms. The van der Waals surface area contributed by atoms with Crippen molar-refractivity contribution in [2.45, 2.75) is 58.5 Å². The topological polar surface area (TPSA) is 46.2 Å². The van der Waals surface area contributed by atoms with Gasteiger partial charge in [-0.25, -0.2) is 0 Å². The molecule has 0 amide bonds. The molecule has 1 aliphatic carbocycles. The van der Waals surface area contributed by atoms with Gasteiger partial charge >= 0.3 is 0 Å². The zero-order valence-corrected chi connectivity index (χ0v) is 9.63. The summed E-state index contributed by atoms with van der Waals surface area (Å²) in [4.78, 5) is 0. The summed E-state index contributed by atoms with van der Waals surface area (Å²) in [5.74, 6) is 0.713. The van der Waals surface area contributed by atoms with E-state index in [1.54, 1.807) is 0 Å². The maximum atomic E-state index is 9.51. The second-order valence-corrected chi connectivity index (χ2v) is 4.99. The lowest BCUT2D eigenvalue weighted by molar-refractivity contribution is 0.0324. The third-order valence-corrected chi connectivity index (χ3v) is 4.12. The number of hydrogen-bond acceptors (Lipinski definition) is 2. The van der Waals surface area contributed by atoms with Gasteiger partial charge in [-0.05, 0) is 43.6 Å². The van der Waals surface area contributed by atoms with Crippen molar-refractivity contribution in [2.24, 2.45) is 17.1 Å². The molecule has 0 radical (unpaired) electrons. The summed E-state index contributed by atoms with van der Waals surface area (Å²) in [5, 5.41) is 9.51. The molecule has 1 saturated carbocycles. The minimum atomic E-state index is -0.0662. The minimum Gasteiger partial charge on any atom is -0.393 e. The molecule has 2 nitrogen and oxygen atoms in total. The third kappa shape index (κ3) is 2.48. The zero-order valence-electron chi connectivity index (χ0n) is 9.63. The Morgan fingerprint density at radius 3 is 2.43 bits per heavy atom. The summed E-state index contributed by atoms with van der Waals surface area (Å²) >= 11 is 0. The van der Waals surface area contributed by atoms with Gasteiger partial charge in [0.2, 0.25) is 0 Å². The van der Waals surface area contributed by atoms with Crippen LogP contribution in [-0.2, 0) is 0 Å². The van der Waals surface area contributed by atoms with Crippen LogP contribution < -0.4 is 5.73 Å². The van der Waals surface area contributed by atoms with E-state index in [-0.39, 0.29) is 6.10 Å². The number of aliphatic hydroxyl groups excluding tert-OH is 1. The Morgan fingerprint density at radius 1 is 1.43 bits per heavy atom. The van der Waals surface area contributed by atoms with Crippen molar-refractivity contribution in [3.8, 4) is 0 Å². The van der Waals surface area contributed by atoms with Crippen LogP contribution in [0.2, 0.25) is 0 Å². The van der Waals surface area contributed by atoms with E-state index in [1.165, 1.54) is 12.8 Å². The SMILES string of the molecule is CCCC(C)C1(CN)CCC(O)CC1. The van der Waals surface area contributed by atoms with Crippen LogP contribution in [0, 0.1) is 11.3 Å². The lowest BCUT2D eigenvalue weighted by Gasteiger charge is -2.43. The van der Waals surface area contributed by atoms with Crippen molar-refractivity contribution in [1.82, 2.24) is 0 Å². The van der Waals surface area contributed by atoms with Gasteiger partial charge in [-0.2, -0.15) is 0 Å². The van der Waals surface area contributed by atoms with E-state index < -0.39 is 0 Å². The largest absolute Gasteiger partial charge is 0.393 e. The van der Waals surface area contributed by atoms with Gasteiger partial charge < -0.3 is 10.8 Å². The van der Waals surface area contributed by atoms with Gasteiger partial charge in [0.1, 0.15) is 0 Å². The Kier molecular flexibility index (Phi) is 4.39. The van der Waals surface area contributed by atoms with E-state index in [0.717, 1.165) is 32.2 Å². The van der Waals surface area contributed by atoms with E-state index in [2.05, 4.69) is 13.8 Å². The first-order valence-electron chi connectivity index (χ1n) is 6.02. The number of rotatable bonds is 4. The molecule has 0 aromatic rings. The van der Waals surface area contributed by atoms with Crippen molar-refractivity contribution < 1.29 is 5.11 Å². The fraction of sp³-hybridized carbons (Fsp3) is 1.00. The quantitative estimate of drug-likeness (QED) is 0.730. The normalized spacial score (nSPS) is 35.6. The first kappa shape index (κ1) is 12.0. The Balaban J connectivity index is 2.57. The summed E-state index contributed by atoms with van der Waals surface area (Å²) in [7, 11) is 0. The standard InChI is InChI=1S/C12H25NO/c1-3-4-10(2)12(9-13)7-5-11(14)6-8-12/h10-11,14H,3-9,13H2,1-2H3. The predicted octanol–water partition coefficient (Wildman–Crippen LogP) is 2.30. The van der Waals surface area contributed by atoms with Gasteiger partial charge in [0.15, 0.2) is 0 Å². The highest BCUT2D eigenvalue weighted by Crippen LogP contribution is 2.43. The van der Waals surface area contributed by atoms with Gasteiger partial charge in [-0.15, -0.1) is 0 Å². The number of nitrogens with two attached hydrogens (primary N) is 1. The van der Waals surface area contributed by atoms with Gasteiger partial charge in [0, 0.05) is 0 Å². The summed E-state index contributed by atoms with van der Waals surface area (Å²) in [6, 6.07) is 0. The van der Waals surface area contributed by atoms with Gasteiger partial charge in [0.25, 0.3) is 0 Å². The highest BCUT2D eigenvalue weighted by Gasteiger charge is 2.37. The molecule has 0 aliphatic heterocycles. The summed E-state index contributed by atoms with van der Waals surface area (Å²) in [6.07, 6.45) is 6.58. The van der Waals surface area contributed by atoms with Crippen LogP contribution >= 0.6 is 0 Å². The molecular formula is C12H25NO. The maximum Gasteiger partial charge on any atom is 0.0540 e. The van der Waals surface area contributed by atoms with Crippen molar-refractivity contribution in [2.75, 3.05) is 6.54 Å². The summed E-state index contributed by atoms with van der Waals surface area (Å²) in [5.41, 5.74) is 6.26. The average Bonchev–Trinajstić information content (AvgIpc) is 2.20. The fourth-order valence-electron chi connectivity index (χ4n) is 2.81. The molecule has 0 spiro atoms. The highest BCUT2D eigenvalue weighted by molar-refractivity contribution is 4.90. The van der Waals surface area contributed by atoms with Crippen LogP contribution in [0.25, 0.3) is 0 Å². The molecule has 1 rings (SSSR count). The Morgan fingerprint density at radius 2 is 2.00 bits per heavy atom. The fourth-order valence-corrected chi connectivity index (χ4v) is 2.81. The Bertz CT molecular complexity index is 162. The molecule has 0 heterocycles. The lowest BCUT2D eigenvalue weighted by atomic mass is 9.65. The van der Waals surface area contributed by atoms with Crippen LogP contribution in [0.1, 0.15) is 52.4 Å². The highest BCUT2D eigenvalue weighted by atomic mass is 16.3. The van der Waals surface area contributed by atoms with Crippen LogP contribution in [0.5, 0.6) is 0 Å². The molecule has 1 fully saturated rings. The molecule has 0 saturated heterocycles. The Hall–Kier alpha value is -0.0800. The van der Waals surface area contributed by atoms with Crippen molar-refractivity contribution in [3.05, 3.63) is 0 Å². The van der Waals surface area contributed by atoms with Crippen LogP contribution in [0.3, 0.4) is 0 Å². The third-order valence-electron chi connectivity index (χ3n) is 4.12. The van der Waals surface area contributed by atoms with Gasteiger partial charge in [0.05, 0.1) is 6.10 Å². The molecular weight excluding hydrogens is 174 g/mol. The van der Waals surface area contributed by atoms with Crippen LogP contribution in [0.15, 0.2) is 0 Å². The van der Waals surface area contributed by atoms with E-state index in [9.17, 15) is 5.11 Å². The molecule has 2 heteroatoms. The summed E-state index contributed by atoms with van der Waals surface area (Å²) in [6.45, 7) is 5.35. The molecule has 0 aromatic carbocycles. The molecule has 1 unspecified atom stereocenters. The average molecular weight is 199 g/mol. The molecule has 84 valence electrons. The first-order chi connectivity index (χ1) is 6.64. The maximum absolute atomic E-state index is 9.51. The second-order valence-electron chi connectivity index (χ2n) is 4.99. The van der Waals surface area contributed by atoms with E-state index >= 15 is 0 Å². The predicted molar refractivity (Wildman–Crippen MR) is 60.0 cm³/mol. The van der Waals surface area contributed by atoms with E-state index in [4.69, 9.17) is 5.73 Å². The summed E-state index contributed by atoms with van der Waals surface area (Å²) < 4.78 is 0. The monoisotopic (exact) mass is 199 g/mol. The smallest absolute Gasteiger partial charge is 0.0540 e. The van der Waals surface area contributed by atoms with E-state index in [1.807, 2.05) is 0 Å². The van der Waals surface area contributed by atoms with Gasteiger partial charge in [-0.3, -0.25) is 0 Å². The molecule has 0 aromatic heterocycles. The zero-order chi connectivity index (χ0) is 10.6. The molecule has 0 bridgehead atoms. The van der Waals surface area contributed by atoms with Crippen LogP contribution in [0.4, 0.5) is 0 Å². The minimum absolute atomic E-state index is 0.0662. The number of hydrogen-bond donors (Lipinski definition) is 2. The molecule has 3 N–H and O–H groups in total. The van der Waals surface area contributed by atoms with Crippen molar-refractivity contribution >= 4 is 0 Å². The lowest BCUT2D eigenvalue weighted by Crippen LogP contribution is -2.41. The van der Waals surface area contributed by atoms with E-state index in [0.29, 0.717) is 11.3 Å².